The predicted molar refractivity (Wildman–Crippen MR) is 85.9 cm³/mol. The lowest BCUT2D eigenvalue weighted by molar-refractivity contribution is 0.405. The number of hydrogen-bond acceptors (Lipinski definition) is 3. The van der Waals surface area contributed by atoms with Crippen molar-refractivity contribution >= 4 is 26.0 Å². The Morgan fingerprint density at radius 3 is 2.52 bits per heavy atom. The van der Waals surface area contributed by atoms with Crippen LogP contribution in [0.15, 0.2) is 57.9 Å². The summed E-state index contributed by atoms with van der Waals surface area (Å²) >= 11 is 3.28. The van der Waals surface area contributed by atoms with Crippen LogP contribution in [0, 0.1) is 0 Å². The number of rotatable bonds is 5. The van der Waals surface area contributed by atoms with E-state index in [0.29, 0.717) is 5.75 Å². The number of hydrogen-bond donors (Lipinski definition) is 1. The Morgan fingerprint density at radius 1 is 1.14 bits per heavy atom. The van der Waals surface area contributed by atoms with Gasteiger partial charge in [0, 0.05) is 16.1 Å². The summed E-state index contributed by atoms with van der Waals surface area (Å²) in [5.74, 6) is 0.655. The van der Waals surface area contributed by atoms with Gasteiger partial charge in [0.1, 0.15) is 5.75 Å². The number of para-hydroxylation sites is 1. The number of halogens is 1. The van der Waals surface area contributed by atoms with E-state index >= 15 is 0 Å². The third-order valence-corrected chi connectivity index (χ3v) is 5.08. The Hall–Kier alpha value is -1.37. The first-order valence-corrected chi connectivity index (χ1v) is 8.62. The lowest BCUT2D eigenvalue weighted by Gasteiger charge is -2.17. The minimum atomic E-state index is -3.59. The first-order chi connectivity index (χ1) is 9.94. The van der Waals surface area contributed by atoms with E-state index < -0.39 is 16.1 Å². The van der Waals surface area contributed by atoms with E-state index in [0.717, 1.165) is 10.0 Å². The van der Waals surface area contributed by atoms with E-state index in [1.165, 1.54) is 0 Å². The fourth-order valence-electron chi connectivity index (χ4n) is 2.02. The maximum Gasteiger partial charge on any atom is 0.241 e. The average molecular weight is 370 g/mol. The summed E-state index contributed by atoms with van der Waals surface area (Å²) in [6.45, 7) is 1.79. The molecule has 2 aromatic carbocycles. The third kappa shape index (κ3) is 3.84. The lowest BCUT2D eigenvalue weighted by Crippen LogP contribution is -2.27. The maximum absolute atomic E-state index is 12.4. The summed E-state index contributed by atoms with van der Waals surface area (Å²) in [7, 11) is -2.03. The zero-order chi connectivity index (χ0) is 15.5. The molecule has 0 aliphatic carbocycles. The van der Waals surface area contributed by atoms with Gasteiger partial charge in [-0.25, -0.2) is 13.1 Å². The molecule has 4 nitrogen and oxygen atoms in total. The van der Waals surface area contributed by atoms with Gasteiger partial charge in [0.15, 0.2) is 0 Å². The van der Waals surface area contributed by atoms with E-state index in [2.05, 4.69) is 20.7 Å². The van der Waals surface area contributed by atoms with Gasteiger partial charge in [-0.05, 0) is 31.2 Å². The fraction of sp³-hybridized carbons (Fsp3) is 0.200. The first kappa shape index (κ1) is 16.0. The molecule has 21 heavy (non-hydrogen) atoms. The van der Waals surface area contributed by atoms with Crippen molar-refractivity contribution in [3.05, 3.63) is 58.6 Å². The smallest absolute Gasteiger partial charge is 0.241 e. The first-order valence-electron chi connectivity index (χ1n) is 6.35. The molecule has 2 rings (SSSR count). The van der Waals surface area contributed by atoms with Crippen LogP contribution >= 0.6 is 15.9 Å². The van der Waals surface area contributed by atoms with Crippen LogP contribution in [0.4, 0.5) is 0 Å². The highest BCUT2D eigenvalue weighted by molar-refractivity contribution is 9.10. The number of sulfonamides is 1. The van der Waals surface area contributed by atoms with E-state index in [-0.39, 0.29) is 4.90 Å². The molecule has 0 radical (unpaired) electrons. The number of benzene rings is 2. The van der Waals surface area contributed by atoms with Gasteiger partial charge in [0.05, 0.1) is 12.0 Å². The summed E-state index contributed by atoms with van der Waals surface area (Å²) in [5, 5.41) is 0. The topological polar surface area (TPSA) is 55.4 Å². The Balaban J connectivity index is 2.28. The van der Waals surface area contributed by atoms with E-state index in [1.54, 1.807) is 44.4 Å². The van der Waals surface area contributed by atoms with E-state index in [9.17, 15) is 8.42 Å². The van der Waals surface area contributed by atoms with Crippen LogP contribution in [0.25, 0.3) is 0 Å². The monoisotopic (exact) mass is 369 g/mol. The van der Waals surface area contributed by atoms with Crippen LogP contribution in [0.2, 0.25) is 0 Å². The highest BCUT2D eigenvalue weighted by Gasteiger charge is 2.20. The van der Waals surface area contributed by atoms with Gasteiger partial charge in [-0.1, -0.05) is 40.2 Å². The summed E-state index contributed by atoms with van der Waals surface area (Å²) < 4.78 is 33.4. The second kappa shape index (κ2) is 6.60. The molecular weight excluding hydrogens is 354 g/mol. The van der Waals surface area contributed by atoms with Crippen molar-refractivity contribution in [3.63, 3.8) is 0 Å². The molecule has 0 bridgehead atoms. The predicted octanol–water partition coefficient (Wildman–Crippen LogP) is 3.50. The summed E-state index contributed by atoms with van der Waals surface area (Å²) in [6.07, 6.45) is 0. The van der Waals surface area contributed by atoms with Crippen molar-refractivity contribution in [2.75, 3.05) is 7.11 Å². The highest BCUT2D eigenvalue weighted by Crippen LogP contribution is 2.26. The molecular formula is C15H16BrNO3S. The van der Waals surface area contributed by atoms with Crippen LogP contribution in [-0.2, 0) is 10.0 Å². The van der Waals surface area contributed by atoms with Crippen LogP contribution in [0.5, 0.6) is 5.75 Å². The largest absolute Gasteiger partial charge is 0.496 e. The van der Waals surface area contributed by atoms with Crippen molar-refractivity contribution in [2.45, 2.75) is 17.9 Å². The zero-order valence-corrected chi connectivity index (χ0v) is 14.1. The fourth-order valence-corrected chi connectivity index (χ4v) is 3.84. The maximum atomic E-state index is 12.4. The Bertz CT molecular complexity index is 731. The molecule has 0 saturated heterocycles. The van der Waals surface area contributed by atoms with Gasteiger partial charge in [-0.3, -0.25) is 0 Å². The number of methoxy groups -OCH3 is 1. The van der Waals surface area contributed by atoms with E-state index in [1.807, 2.05) is 18.2 Å². The number of nitrogens with one attached hydrogen (secondary N) is 1. The Morgan fingerprint density at radius 2 is 1.86 bits per heavy atom. The van der Waals surface area contributed by atoms with Crippen LogP contribution in [0.1, 0.15) is 18.5 Å². The summed E-state index contributed by atoms with van der Waals surface area (Å²) in [4.78, 5) is 0.221. The quantitative estimate of drug-likeness (QED) is 0.877. The van der Waals surface area contributed by atoms with Crippen molar-refractivity contribution in [1.29, 1.82) is 0 Å². The highest BCUT2D eigenvalue weighted by atomic mass is 79.9. The van der Waals surface area contributed by atoms with Gasteiger partial charge in [0.25, 0.3) is 0 Å². The van der Waals surface area contributed by atoms with E-state index in [4.69, 9.17) is 4.74 Å². The van der Waals surface area contributed by atoms with Crippen LogP contribution in [0.3, 0.4) is 0 Å². The Kier molecular flexibility index (Phi) is 5.03. The average Bonchev–Trinajstić information content (AvgIpc) is 2.46. The van der Waals surface area contributed by atoms with Gasteiger partial charge in [-0.2, -0.15) is 0 Å². The third-order valence-electron chi connectivity index (χ3n) is 3.04. The minimum Gasteiger partial charge on any atom is -0.496 e. The molecule has 6 heteroatoms. The second-order valence-corrected chi connectivity index (χ2v) is 7.17. The van der Waals surface area contributed by atoms with Gasteiger partial charge in [-0.15, -0.1) is 0 Å². The van der Waals surface area contributed by atoms with Crippen LogP contribution < -0.4 is 9.46 Å². The standard InChI is InChI=1S/C15H16BrNO3S/c1-11(14-8-3-4-9-15(14)20-2)17-21(18,19)13-7-5-6-12(16)10-13/h3-11,17H,1-2H3/t11-/m0/s1. The molecule has 0 heterocycles. The lowest BCUT2D eigenvalue weighted by atomic mass is 10.1. The second-order valence-electron chi connectivity index (χ2n) is 4.54. The Labute approximate surface area is 133 Å². The molecule has 0 saturated carbocycles. The summed E-state index contributed by atoms with van der Waals surface area (Å²) in [5.41, 5.74) is 0.790. The van der Waals surface area contributed by atoms with Crippen LogP contribution in [-0.4, -0.2) is 15.5 Å². The summed E-state index contributed by atoms with van der Waals surface area (Å²) in [6, 6.07) is 13.5. The minimum absolute atomic E-state index is 0.221. The molecule has 1 atom stereocenters. The van der Waals surface area contributed by atoms with Crippen molar-refractivity contribution < 1.29 is 13.2 Å². The van der Waals surface area contributed by atoms with Crippen molar-refractivity contribution in [1.82, 2.24) is 4.72 Å². The molecule has 2 aromatic rings. The SMILES string of the molecule is COc1ccccc1[C@H](C)NS(=O)(=O)c1cccc(Br)c1. The zero-order valence-electron chi connectivity index (χ0n) is 11.7. The molecule has 0 aliphatic rings. The molecule has 1 N–H and O–H groups in total. The van der Waals surface area contributed by atoms with Gasteiger partial charge >= 0.3 is 0 Å². The normalized spacial score (nSPS) is 12.9. The molecule has 0 spiro atoms. The molecule has 0 aliphatic heterocycles. The molecule has 0 fully saturated rings. The van der Waals surface area contributed by atoms with Gasteiger partial charge in [0.2, 0.25) is 10.0 Å². The van der Waals surface area contributed by atoms with Crippen molar-refractivity contribution in [2.24, 2.45) is 0 Å². The molecule has 0 unspecified atom stereocenters. The van der Waals surface area contributed by atoms with Crippen molar-refractivity contribution in [3.8, 4) is 5.75 Å². The molecule has 0 aromatic heterocycles. The number of ether oxygens (including phenoxy) is 1. The molecule has 0 amide bonds. The van der Waals surface area contributed by atoms with Gasteiger partial charge < -0.3 is 4.74 Å². The molecule has 112 valence electrons.